The second kappa shape index (κ2) is 4.43. The molecule has 0 spiro atoms. The van der Waals surface area contributed by atoms with Gasteiger partial charge in [0.2, 0.25) is 0 Å². The van der Waals surface area contributed by atoms with E-state index in [4.69, 9.17) is 0 Å². The van der Waals surface area contributed by atoms with Crippen LogP contribution in [0.4, 0.5) is 0 Å². The van der Waals surface area contributed by atoms with Crippen LogP contribution in [0.3, 0.4) is 0 Å². The summed E-state index contributed by atoms with van der Waals surface area (Å²) in [5.41, 5.74) is 1.54. The van der Waals surface area contributed by atoms with Crippen LogP contribution in [0.25, 0.3) is 0 Å². The molecule has 80 valence electrons. The Morgan fingerprint density at radius 2 is 1.93 bits per heavy atom. The number of thiazole rings is 1. The number of aromatic nitrogens is 1. The molecule has 0 aliphatic carbocycles. The quantitative estimate of drug-likeness (QED) is 0.726. The van der Waals surface area contributed by atoms with Crippen molar-refractivity contribution >= 4 is 11.3 Å². The van der Waals surface area contributed by atoms with Crippen LogP contribution in [0.2, 0.25) is 0 Å². The molecule has 1 aromatic rings. The van der Waals surface area contributed by atoms with Crippen molar-refractivity contribution in [2.75, 3.05) is 0 Å². The SMILES string of the molecule is CCCCC(C)(C)c1sc(C)nc1C. The van der Waals surface area contributed by atoms with Gasteiger partial charge in [0.05, 0.1) is 10.7 Å². The first kappa shape index (κ1) is 11.7. The molecule has 0 atom stereocenters. The standard InChI is InChI=1S/C12H21NS/c1-6-7-8-12(4,5)11-9(2)13-10(3)14-11/h6-8H2,1-5H3. The highest BCUT2D eigenvalue weighted by molar-refractivity contribution is 7.11. The van der Waals surface area contributed by atoms with Gasteiger partial charge in [0, 0.05) is 10.3 Å². The fraction of sp³-hybridized carbons (Fsp3) is 0.750. The van der Waals surface area contributed by atoms with Gasteiger partial charge in [-0.15, -0.1) is 11.3 Å². The first-order valence-electron chi connectivity index (χ1n) is 5.42. The summed E-state index contributed by atoms with van der Waals surface area (Å²) in [7, 11) is 0. The normalized spacial score (nSPS) is 12.1. The van der Waals surface area contributed by atoms with Crippen molar-refractivity contribution < 1.29 is 0 Å². The molecule has 0 fully saturated rings. The molecule has 0 bridgehead atoms. The molecule has 2 heteroatoms. The van der Waals surface area contributed by atoms with E-state index in [1.165, 1.54) is 34.8 Å². The zero-order chi connectivity index (χ0) is 10.8. The molecular formula is C12H21NS. The van der Waals surface area contributed by atoms with Crippen LogP contribution in [0.15, 0.2) is 0 Å². The van der Waals surface area contributed by atoms with Gasteiger partial charge in [0.25, 0.3) is 0 Å². The third-order valence-electron chi connectivity index (χ3n) is 2.67. The highest BCUT2D eigenvalue weighted by Crippen LogP contribution is 2.35. The maximum atomic E-state index is 4.50. The topological polar surface area (TPSA) is 12.9 Å². The molecule has 1 nitrogen and oxygen atoms in total. The highest BCUT2D eigenvalue weighted by atomic mass is 32.1. The minimum atomic E-state index is 0.312. The molecule has 1 heterocycles. The molecule has 0 saturated heterocycles. The Morgan fingerprint density at radius 3 is 2.36 bits per heavy atom. The van der Waals surface area contributed by atoms with E-state index in [2.05, 4.69) is 39.6 Å². The van der Waals surface area contributed by atoms with Crippen molar-refractivity contribution in [3.63, 3.8) is 0 Å². The maximum absolute atomic E-state index is 4.50. The lowest BCUT2D eigenvalue weighted by Crippen LogP contribution is -2.16. The van der Waals surface area contributed by atoms with Crippen LogP contribution in [0, 0.1) is 13.8 Å². The molecule has 0 aromatic carbocycles. The third-order valence-corrected chi connectivity index (χ3v) is 4.11. The summed E-state index contributed by atoms with van der Waals surface area (Å²) in [4.78, 5) is 5.98. The van der Waals surface area contributed by atoms with Gasteiger partial charge in [0.15, 0.2) is 0 Å². The van der Waals surface area contributed by atoms with Crippen molar-refractivity contribution in [2.24, 2.45) is 0 Å². The fourth-order valence-corrected chi connectivity index (χ4v) is 2.94. The Balaban J connectivity index is 2.85. The van der Waals surface area contributed by atoms with E-state index in [9.17, 15) is 0 Å². The van der Waals surface area contributed by atoms with Crippen molar-refractivity contribution in [2.45, 2.75) is 59.3 Å². The first-order valence-corrected chi connectivity index (χ1v) is 6.23. The number of hydrogen-bond acceptors (Lipinski definition) is 2. The number of unbranched alkanes of at least 4 members (excludes halogenated alkanes) is 1. The second-order valence-electron chi connectivity index (χ2n) is 4.63. The molecule has 0 aliphatic rings. The average Bonchev–Trinajstić information content (AvgIpc) is 2.42. The van der Waals surface area contributed by atoms with E-state index in [1.54, 1.807) is 0 Å². The molecule has 0 radical (unpaired) electrons. The Kier molecular flexibility index (Phi) is 3.71. The van der Waals surface area contributed by atoms with Crippen molar-refractivity contribution in [3.8, 4) is 0 Å². The van der Waals surface area contributed by atoms with E-state index in [1.807, 2.05) is 11.3 Å². The van der Waals surface area contributed by atoms with E-state index in [0.717, 1.165) is 0 Å². The number of aryl methyl sites for hydroxylation is 2. The Labute approximate surface area is 91.6 Å². The summed E-state index contributed by atoms with van der Waals surface area (Å²) in [6.07, 6.45) is 3.86. The summed E-state index contributed by atoms with van der Waals surface area (Å²) in [5.74, 6) is 0. The van der Waals surface area contributed by atoms with Crippen LogP contribution in [0.5, 0.6) is 0 Å². The van der Waals surface area contributed by atoms with Crippen LogP contribution in [-0.2, 0) is 5.41 Å². The zero-order valence-electron chi connectivity index (χ0n) is 9.98. The summed E-state index contributed by atoms with van der Waals surface area (Å²) in [6.45, 7) is 11.1. The fourth-order valence-electron chi connectivity index (χ4n) is 1.89. The van der Waals surface area contributed by atoms with Gasteiger partial charge in [-0.25, -0.2) is 4.98 Å². The minimum Gasteiger partial charge on any atom is -0.247 e. The zero-order valence-corrected chi connectivity index (χ0v) is 10.8. The highest BCUT2D eigenvalue weighted by Gasteiger charge is 2.24. The molecule has 0 unspecified atom stereocenters. The van der Waals surface area contributed by atoms with E-state index < -0.39 is 0 Å². The smallest absolute Gasteiger partial charge is 0.0900 e. The Morgan fingerprint density at radius 1 is 1.29 bits per heavy atom. The lowest BCUT2D eigenvalue weighted by Gasteiger charge is -2.23. The van der Waals surface area contributed by atoms with Crippen LogP contribution >= 0.6 is 11.3 Å². The molecule has 0 N–H and O–H groups in total. The van der Waals surface area contributed by atoms with Gasteiger partial charge in [-0.05, 0) is 20.3 Å². The van der Waals surface area contributed by atoms with E-state index in [-0.39, 0.29) is 0 Å². The third kappa shape index (κ3) is 2.57. The number of rotatable bonds is 4. The van der Waals surface area contributed by atoms with Crippen molar-refractivity contribution in [3.05, 3.63) is 15.6 Å². The Hall–Kier alpha value is -0.370. The van der Waals surface area contributed by atoms with E-state index >= 15 is 0 Å². The summed E-state index contributed by atoms with van der Waals surface area (Å²) >= 11 is 1.86. The predicted octanol–water partition coefficient (Wildman–Crippen LogP) is 4.23. The van der Waals surface area contributed by atoms with Gasteiger partial charge < -0.3 is 0 Å². The van der Waals surface area contributed by atoms with Gasteiger partial charge in [-0.2, -0.15) is 0 Å². The molecule has 1 aromatic heterocycles. The molecular weight excluding hydrogens is 190 g/mol. The lowest BCUT2D eigenvalue weighted by molar-refractivity contribution is 0.463. The summed E-state index contributed by atoms with van der Waals surface area (Å²) in [6, 6.07) is 0. The minimum absolute atomic E-state index is 0.312. The first-order chi connectivity index (χ1) is 6.47. The molecule has 14 heavy (non-hydrogen) atoms. The molecule has 0 amide bonds. The summed E-state index contributed by atoms with van der Waals surface area (Å²) < 4.78 is 0. The molecule has 1 rings (SSSR count). The van der Waals surface area contributed by atoms with Crippen LogP contribution in [-0.4, -0.2) is 4.98 Å². The van der Waals surface area contributed by atoms with Gasteiger partial charge >= 0.3 is 0 Å². The number of nitrogens with zero attached hydrogens (tertiary/aromatic N) is 1. The van der Waals surface area contributed by atoms with Gasteiger partial charge in [-0.1, -0.05) is 33.6 Å². The lowest BCUT2D eigenvalue weighted by atomic mass is 9.85. The predicted molar refractivity (Wildman–Crippen MR) is 64.1 cm³/mol. The largest absolute Gasteiger partial charge is 0.247 e. The van der Waals surface area contributed by atoms with Crippen molar-refractivity contribution in [1.82, 2.24) is 4.98 Å². The maximum Gasteiger partial charge on any atom is 0.0900 e. The van der Waals surface area contributed by atoms with Crippen LogP contribution in [0.1, 0.15) is 55.6 Å². The number of hydrogen-bond donors (Lipinski definition) is 0. The average molecular weight is 211 g/mol. The van der Waals surface area contributed by atoms with Gasteiger partial charge in [-0.3, -0.25) is 0 Å². The second-order valence-corrected chi connectivity index (χ2v) is 5.84. The monoisotopic (exact) mass is 211 g/mol. The van der Waals surface area contributed by atoms with Gasteiger partial charge in [0.1, 0.15) is 0 Å². The molecule has 0 saturated carbocycles. The Bertz CT molecular complexity index is 299. The van der Waals surface area contributed by atoms with Crippen molar-refractivity contribution in [1.29, 1.82) is 0 Å². The van der Waals surface area contributed by atoms with E-state index in [0.29, 0.717) is 5.41 Å². The van der Waals surface area contributed by atoms with Crippen LogP contribution < -0.4 is 0 Å². The summed E-state index contributed by atoms with van der Waals surface area (Å²) in [5, 5.41) is 1.20. The molecule has 0 aliphatic heterocycles.